The van der Waals surface area contributed by atoms with Gasteiger partial charge in [0, 0.05) is 0 Å². The first-order valence-corrected chi connectivity index (χ1v) is 13.5. The zero-order valence-electron chi connectivity index (χ0n) is 20.4. The van der Waals surface area contributed by atoms with E-state index in [1.165, 1.54) is 70.6 Å². The molecular formula is C28H51N. The Labute approximate surface area is 182 Å². The van der Waals surface area contributed by atoms with Crippen molar-refractivity contribution < 1.29 is 0 Å². The molecule has 4 rings (SSSR count). The second-order valence-electron chi connectivity index (χ2n) is 13.1. The van der Waals surface area contributed by atoms with Crippen molar-refractivity contribution >= 4 is 0 Å². The van der Waals surface area contributed by atoms with E-state index in [4.69, 9.17) is 5.73 Å². The minimum Gasteiger partial charge on any atom is -0.330 e. The lowest BCUT2D eigenvalue weighted by Crippen LogP contribution is -2.54. The molecule has 4 aliphatic rings. The van der Waals surface area contributed by atoms with E-state index in [0.29, 0.717) is 10.8 Å². The average Bonchev–Trinajstić information content (AvgIpc) is 3.04. The molecular weight excluding hydrogens is 350 g/mol. The highest BCUT2D eigenvalue weighted by Crippen LogP contribution is 2.68. The summed E-state index contributed by atoms with van der Waals surface area (Å²) >= 11 is 0. The van der Waals surface area contributed by atoms with Gasteiger partial charge in [-0.15, -0.1) is 0 Å². The first-order chi connectivity index (χ1) is 13.8. The summed E-state index contributed by atoms with van der Waals surface area (Å²) in [5.74, 6) is 7.69. The largest absolute Gasteiger partial charge is 0.330 e. The van der Waals surface area contributed by atoms with Gasteiger partial charge >= 0.3 is 0 Å². The zero-order chi connectivity index (χ0) is 20.8. The van der Waals surface area contributed by atoms with Gasteiger partial charge in [-0.3, -0.25) is 0 Å². The molecule has 1 nitrogen and oxygen atoms in total. The van der Waals surface area contributed by atoms with E-state index in [9.17, 15) is 0 Å². The minimum absolute atomic E-state index is 0.636. The third-order valence-electron chi connectivity index (χ3n) is 11.3. The molecule has 0 aromatic carbocycles. The van der Waals surface area contributed by atoms with E-state index in [-0.39, 0.29) is 0 Å². The molecule has 0 bridgehead atoms. The molecule has 0 aromatic heterocycles. The molecule has 9 atom stereocenters. The molecule has 9 unspecified atom stereocenters. The Morgan fingerprint density at radius 3 is 2.28 bits per heavy atom. The van der Waals surface area contributed by atoms with E-state index >= 15 is 0 Å². The van der Waals surface area contributed by atoms with Crippen molar-refractivity contribution in [1.82, 2.24) is 0 Å². The van der Waals surface area contributed by atoms with E-state index in [0.717, 1.165) is 53.9 Å². The van der Waals surface area contributed by atoms with Crippen molar-refractivity contribution in [2.45, 2.75) is 112 Å². The molecule has 168 valence electrons. The van der Waals surface area contributed by atoms with Gasteiger partial charge in [-0.2, -0.15) is 0 Å². The lowest BCUT2D eigenvalue weighted by Gasteiger charge is -2.61. The van der Waals surface area contributed by atoms with Crippen molar-refractivity contribution in [2.24, 2.45) is 63.9 Å². The number of rotatable bonds is 6. The van der Waals surface area contributed by atoms with Gasteiger partial charge in [0.15, 0.2) is 0 Å². The molecule has 1 heteroatoms. The maximum Gasteiger partial charge on any atom is -0.00488 e. The molecule has 0 aromatic rings. The second-order valence-corrected chi connectivity index (χ2v) is 13.1. The minimum atomic E-state index is 0.636. The Bertz CT molecular complexity index is 555. The summed E-state index contributed by atoms with van der Waals surface area (Å²) in [5.41, 5.74) is 7.37. The van der Waals surface area contributed by atoms with Crippen molar-refractivity contribution in [3.8, 4) is 0 Å². The topological polar surface area (TPSA) is 26.0 Å². The van der Waals surface area contributed by atoms with E-state index < -0.39 is 0 Å². The standard InChI is InChI=1S/C28H51N/c1-19(2)7-6-8-20(3)24-11-12-25-23-10-9-22-17-21(18-29)13-15-27(22,4)26(23)14-16-28(24,25)5/h19-26H,6-18,29H2,1-5H3. The first kappa shape index (κ1) is 22.2. The monoisotopic (exact) mass is 401 g/mol. The zero-order valence-corrected chi connectivity index (χ0v) is 20.4. The van der Waals surface area contributed by atoms with Gasteiger partial charge in [0.1, 0.15) is 0 Å². The number of fused-ring (bicyclic) bond motifs is 5. The summed E-state index contributed by atoms with van der Waals surface area (Å²) in [7, 11) is 0. The van der Waals surface area contributed by atoms with Gasteiger partial charge in [0.2, 0.25) is 0 Å². The Hall–Kier alpha value is -0.0400. The Balaban J connectivity index is 1.45. The molecule has 0 saturated heterocycles. The molecule has 4 fully saturated rings. The van der Waals surface area contributed by atoms with Gasteiger partial charge in [0.25, 0.3) is 0 Å². The molecule has 4 saturated carbocycles. The molecule has 0 radical (unpaired) electrons. The van der Waals surface area contributed by atoms with Crippen LogP contribution in [-0.2, 0) is 0 Å². The van der Waals surface area contributed by atoms with Gasteiger partial charge in [0.05, 0.1) is 0 Å². The fraction of sp³-hybridized carbons (Fsp3) is 1.00. The smallest absolute Gasteiger partial charge is 0.00488 e. The predicted molar refractivity (Wildman–Crippen MR) is 126 cm³/mol. The predicted octanol–water partition coefficient (Wildman–Crippen LogP) is 7.68. The van der Waals surface area contributed by atoms with Gasteiger partial charge < -0.3 is 5.73 Å². The third kappa shape index (κ3) is 3.85. The number of hydrogen-bond acceptors (Lipinski definition) is 1. The maximum absolute atomic E-state index is 6.08. The number of hydrogen-bond donors (Lipinski definition) is 1. The second kappa shape index (κ2) is 8.48. The summed E-state index contributed by atoms with van der Waals surface area (Å²) in [6.07, 6.45) is 17.8. The summed E-state index contributed by atoms with van der Waals surface area (Å²) in [6.45, 7) is 13.8. The third-order valence-corrected chi connectivity index (χ3v) is 11.3. The van der Waals surface area contributed by atoms with Crippen LogP contribution in [0.25, 0.3) is 0 Å². The van der Waals surface area contributed by atoms with Crippen molar-refractivity contribution in [3.05, 3.63) is 0 Å². The number of nitrogens with two attached hydrogens (primary N) is 1. The molecule has 0 amide bonds. The fourth-order valence-electron chi connectivity index (χ4n) is 9.59. The Morgan fingerprint density at radius 2 is 1.55 bits per heavy atom. The summed E-state index contributed by atoms with van der Waals surface area (Å²) in [5, 5.41) is 0. The van der Waals surface area contributed by atoms with Crippen LogP contribution < -0.4 is 5.73 Å². The van der Waals surface area contributed by atoms with Crippen LogP contribution in [-0.4, -0.2) is 6.54 Å². The SMILES string of the molecule is CC(C)CCCC(C)C1CCC2C3CCC4CC(CN)CCC4(C)C3CCC12C. The van der Waals surface area contributed by atoms with Crippen LogP contribution in [0.4, 0.5) is 0 Å². The maximum atomic E-state index is 6.08. The normalized spacial score (nSPS) is 48.1. The highest BCUT2D eigenvalue weighted by atomic mass is 14.7. The van der Waals surface area contributed by atoms with Crippen LogP contribution in [0.2, 0.25) is 0 Å². The van der Waals surface area contributed by atoms with E-state index in [1.807, 2.05) is 0 Å². The first-order valence-electron chi connectivity index (χ1n) is 13.5. The summed E-state index contributed by atoms with van der Waals surface area (Å²) in [4.78, 5) is 0. The molecule has 0 aliphatic heterocycles. The Kier molecular flexibility index (Phi) is 6.48. The van der Waals surface area contributed by atoms with Crippen LogP contribution in [0.3, 0.4) is 0 Å². The van der Waals surface area contributed by atoms with E-state index in [2.05, 4.69) is 34.6 Å². The lowest BCUT2D eigenvalue weighted by atomic mass is 9.44. The van der Waals surface area contributed by atoms with Crippen molar-refractivity contribution in [1.29, 1.82) is 0 Å². The summed E-state index contributed by atoms with van der Waals surface area (Å²) in [6, 6.07) is 0. The van der Waals surface area contributed by atoms with Crippen LogP contribution in [0.5, 0.6) is 0 Å². The highest BCUT2D eigenvalue weighted by Gasteiger charge is 2.60. The van der Waals surface area contributed by atoms with Crippen LogP contribution in [0.15, 0.2) is 0 Å². The molecule has 0 spiro atoms. The highest BCUT2D eigenvalue weighted by molar-refractivity contribution is 5.09. The average molecular weight is 402 g/mol. The van der Waals surface area contributed by atoms with Crippen LogP contribution >= 0.6 is 0 Å². The van der Waals surface area contributed by atoms with Crippen molar-refractivity contribution in [3.63, 3.8) is 0 Å². The van der Waals surface area contributed by atoms with Gasteiger partial charge in [-0.05, 0) is 123 Å². The van der Waals surface area contributed by atoms with E-state index in [1.54, 1.807) is 6.42 Å². The molecule has 29 heavy (non-hydrogen) atoms. The molecule has 2 N–H and O–H groups in total. The van der Waals surface area contributed by atoms with Crippen molar-refractivity contribution in [2.75, 3.05) is 6.54 Å². The summed E-state index contributed by atoms with van der Waals surface area (Å²) < 4.78 is 0. The van der Waals surface area contributed by atoms with Crippen LogP contribution in [0, 0.1) is 58.2 Å². The Morgan fingerprint density at radius 1 is 0.828 bits per heavy atom. The lowest BCUT2D eigenvalue weighted by molar-refractivity contribution is -0.120. The molecule has 4 aliphatic carbocycles. The van der Waals surface area contributed by atoms with Gasteiger partial charge in [-0.25, -0.2) is 0 Å². The molecule has 0 heterocycles. The quantitative estimate of drug-likeness (QED) is 0.485. The van der Waals surface area contributed by atoms with Crippen LogP contribution in [0.1, 0.15) is 112 Å². The fourth-order valence-corrected chi connectivity index (χ4v) is 9.59. The van der Waals surface area contributed by atoms with Gasteiger partial charge in [-0.1, -0.05) is 53.9 Å².